The van der Waals surface area contributed by atoms with Gasteiger partial charge in [0.15, 0.2) is 0 Å². The number of anilines is 1. The molecule has 1 fully saturated rings. The van der Waals surface area contributed by atoms with Crippen LogP contribution in [0.5, 0.6) is 0 Å². The molecule has 1 aliphatic rings. The largest absolute Gasteiger partial charge is 0.465 e. The van der Waals surface area contributed by atoms with Crippen LogP contribution in [0, 0.1) is 5.82 Å². The number of hydrogen-bond acceptors (Lipinski definition) is 5. The van der Waals surface area contributed by atoms with Crippen molar-refractivity contribution in [2.75, 3.05) is 36.5 Å². The molecule has 0 aliphatic carbocycles. The predicted octanol–water partition coefficient (Wildman–Crippen LogP) is 1.74. The van der Waals surface area contributed by atoms with Crippen LogP contribution >= 0.6 is 11.8 Å². The molecule has 1 amide bonds. The minimum absolute atomic E-state index is 0.113. The van der Waals surface area contributed by atoms with E-state index in [-0.39, 0.29) is 24.2 Å². The third kappa shape index (κ3) is 4.71. The van der Waals surface area contributed by atoms with Crippen molar-refractivity contribution >= 4 is 29.3 Å². The topological polar surface area (TPSA) is 58.6 Å². The van der Waals surface area contributed by atoms with Gasteiger partial charge < -0.3 is 10.1 Å². The van der Waals surface area contributed by atoms with Crippen molar-refractivity contribution in [2.45, 2.75) is 13.0 Å². The van der Waals surface area contributed by atoms with Gasteiger partial charge >= 0.3 is 5.97 Å². The molecule has 1 N–H and O–H groups in total. The van der Waals surface area contributed by atoms with Gasteiger partial charge in [-0.1, -0.05) is 0 Å². The van der Waals surface area contributed by atoms with Gasteiger partial charge in [0.2, 0.25) is 5.91 Å². The molecule has 1 atom stereocenters. The van der Waals surface area contributed by atoms with Crippen molar-refractivity contribution in [3.05, 3.63) is 30.1 Å². The Bertz CT molecular complexity index is 524. The lowest BCUT2D eigenvalue weighted by molar-refractivity contribution is -0.148. The number of thioether (sulfide) groups is 1. The SMILES string of the molecule is CCOC(=O)[C@H]1CSCCN1CC(=O)Nc1ccc(F)cc1. The molecule has 5 nitrogen and oxygen atoms in total. The number of nitrogens with zero attached hydrogens (tertiary/aromatic N) is 1. The summed E-state index contributed by atoms with van der Waals surface area (Å²) in [7, 11) is 0. The molecule has 0 radical (unpaired) electrons. The van der Waals surface area contributed by atoms with Gasteiger partial charge in [0.05, 0.1) is 13.2 Å². The summed E-state index contributed by atoms with van der Waals surface area (Å²) in [6.45, 7) is 2.86. The molecule has 0 bridgehead atoms. The number of ether oxygens (including phenoxy) is 1. The first-order valence-electron chi connectivity index (χ1n) is 7.14. The highest BCUT2D eigenvalue weighted by molar-refractivity contribution is 7.99. The highest BCUT2D eigenvalue weighted by Gasteiger charge is 2.31. The predicted molar refractivity (Wildman–Crippen MR) is 84.3 cm³/mol. The fourth-order valence-corrected chi connectivity index (χ4v) is 3.30. The molecule has 1 aliphatic heterocycles. The quantitative estimate of drug-likeness (QED) is 0.836. The normalized spacial score (nSPS) is 18.7. The molecule has 0 saturated carbocycles. The molecule has 1 aromatic carbocycles. The standard InChI is InChI=1S/C15H19FN2O3S/c1-2-21-15(20)13-10-22-8-7-18(13)9-14(19)17-12-5-3-11(16)4-6-12/h3-6,13H,2,7-10H2,1H3,(H,17,19)/t13-/m1/s1. The Morgan fingerprint density at radius 1 is 1.41 bits per heavy atom. The third-order valence-electron chi connectivity index (χ3n) is 3.27. The van der Waals surface area contributed by atoms with Crippen LogP contribution in [-0.4, -0.2) is 54.0 Å². The number of amides is 1. The monoisotopic (exact) mass is 326 g/mol. The second-order valence-electron chi connectivity index (χ2n) is 4.87. The smallest absolute Gasteiger partial charge is 0.324 e. The van der Waals surface area contributed by atoms with Crippen LogP contribution in [0.15, 0.2) is 24.3 Å². The first-order chi connectivity index (χ1) is 10.6. The zero-order valence-corrected chi connectivity index (χ0v) is 13.2. The molecule has 1 saturated heterocycles. The van der Waals surface area contributed by atoms with E-state index >= 15 is 0 Å². The number of halogens is 1. The van der Waals surface area contributed by atoms with Gasteiger partial charge in [0.1, 0.15) is 11.9 Å². The highest BCUT2D eigenvalue weighted by atomic mass is 32.2. The first-order valence-corrected chi connectivity index (χ1v) is 8.29. The van der Waals surface area contributed by atoms with Crippen molar-refractivity contribution in [3.63, 3.8) is 0 Å². The Morgan fingerprint density at radius 2 is 2.14 bits per heavy atom. The molecule has 1 aromatic rings. The van der Waals surface area contributed by atoms with E-state index in [0.29, 0.717) is 24.6 Å². The van der Waals surface area contributed by atoms with E-state index in [1.807, 2.05) is 4.90 Å². The molecule has 1 heterocycles. The molecule has 7 heteroatoms. The third-order valence-corrected chi connectivity index (χ3v) is 4.30. The van der Waals surface area contributed by atoms with E-state index in [4.69, 9.17) is 4.74 Å². The molecule has 2 rings (SSSR count). The average Bonchev–Trinajstić information content (AvgIpc) is 2.50. The lowest BCUT2D eigenvalue weighted by atomic mass is 10.2. The average molecular weight is 326 g/mol. The summed E-state index contributed by atoms with van der Waals surface area (Å²) in [5, 5.41) is 2.70. The van der Waals surface area contributed by atoms with E-state index in [9.17, 15) is 14.0 Å². The van der Waals surface area contributed by atoms with Crippen LogP contribution in [0.3, 0.4) is 0 Å². The van der Waals surface area contributed by atoms with Crippen LogP contribution in [-0.2, 0) is 14.3 Å². The van der Waals surface area contributed by atoms with E-state index in [0.717, 1.165) is 5.75 Å². The van der Waals surface area contributed by atoms with Gasteiger partial charge in [0.25, 0.3) is 0 Å². The zero-order valence-electron chi connectivity index (χ0n) is 12.4. The Balaban J connectivity index is 1.93. The van der Waals surface area contributed by atoms with Gasteiger partial charge in [0, 0.05) is 23.7 Å². The van der Waals surface area contributed by atoms with Gasteiger partial charge in [-0.15, -0.1) is 0 Å². The van der Waals surface area contributed by atoms with Crippen molar-refractivity contribution < 1.29 is 18.7 Å². The summed E-state index contributed by atoms with van der Waals surface area (Å²) in [5.41, 5.74) is 0.533. The van der Waals surface area contributed by atoms with Gasteiger partial charge in [-0.2, -0.15) is 11.8 Å². The van der Waals surface area contributed by atoms with Gasteiger partial charge in [-0.05, 0) is 31.2 Å². The minimum atomic E-state index is -0.391. The summed E-state index contributed by atoms with van der Waals surface area (Å²) >= 11 is 1.68. The summed E-state index contributed by atoms with van der Waals surface area (Å²) in [4.78, 5) is 25.8. The lowest BCUT2D eigenvalue weighted by Gasteiger charge is -2.32. The second-order valence-corrected chi connectivity index (χ2v) is 6.02. The number of carbonyl (C=O) groups excluding carboxylic acids is 2. The molecule has 0 unspecified atom stereocenters. The number of nitrogens with one attached hydrogen (secondary N) is 1. The van der Waals surface area contributed by atoms with E-state index < -0.39 is 6.04 Å². The molecular weight excluding hydrogens is 307 g/mol. The van der Waals surface area contributed by atoms with E-state index in [1.54, 1.807) is 18.7 Å². The Morgan fingerprint density at radius 3 is 2.82 bits per heavy atom. The summed E-state index contributed by atoms with van der Waals surface area (Å²) in [5.74, 6) is 0.632. The van der Waals surface area contributed by atoms with Crippen molar-refractivity contribution in [2.24, 2.45) is 0 Å². The Hall–Kier alpha value is -1.60. The maximum absolute atomic E-state index is 12.8. The fourth-order valence-electron chi connectivity index (χ4n) is 2.20. The minimum Gasteiger partial charge on any atom is -0.465 e. The van der Waals surface area contributed by atoms with Crippen molar-refractivity contribution in [1.29, 1.82) is 0 Å². The number of carbonyl (C=O) groups is 2. The number of esters is 1. The summed E-state index contributed by atoms with van der Waals surface area (Å²) in [6, 6.07) is 5.19. The lowest BCUT2D eigenvalue weighted by Crippen LogP contribution is -2.50. The van der Waals surface area contributed by atoms with Crippen molar-refractivity contribution in [1.82, 2.24) is 4.90 Å². The highest BCUT2D eigenvalue weighted by Crippen LogP contribution is 2.18. The Labute approximate surface area is 133 Å². The second kappa shape index (κ2) is 8.14. The first kappa shape index (κ1) is 16.8. The van der Waals surface area contributed by atoms with Crippen LogP contribution in [0.4, 0.5) is 10.1 Å². The summed E-state index contributed by atoms with van der Waals surface area (Å²) < 4.78 is 17.9. The van der Waals surface area contributed by atoms with Crippen LogP contribution in [0.2, 0.25) is 0 Å². The number of benzene rings is 1. The van der Waals surface area contributed by atoms with Gasteiger partial charge in [-0.3, -0.25) is 14.5 Å². The maximum atomic E-state index is 12.8. The van der Waals surface area contributed by atoms with Crippen LogP contribution in [0.25, 0.3) is 0 Å². The zero-order chi connectivity index (χ0) is 15.9. The number of rotatable bonds is 5. The van der Waals surface area contributed by atoms with Crippen LogP contribution < -0.4 is 5.32 Å². The number of hydrogen-bond donors (Lipinski definition) is 1. The van der Waals surface area contributed by atoms with Crippen LogP contribution in [0.1, 0.15) is 6.92 Å². The molecular formula is C15H19FN2O3S. The van der Waals surface area contributed by atoms with Gasteiger partial charge in [-0.25, -0.2) is 4.39 Å². The maximum Gasteiger partial charge on any atom is 0.324 e. The van der Waals surface area contributed by atoms with E-state index in [1.165, 1.54) is 24.3 Å². The fraction of sp³-hybridized carbons (Fsp3) is 0.467. The summed E-state index contributed by atoms with van der Waals surface area (Å²) in [6.07, 6.45) is 0. The molecule has 22 heavy (non-hydrogen) atoms. The molecule has 0 spiro atoms. The molecule has 120 valence electrons. The van der Waals surface area contributed by atoms with Crippen molar-refractivity contribution in [3.8, 4) is 0 Å². The van der Waals surface area contributed by atoms with E-state index in [2.05, 4.69) is 5.32 Å². The molecule has 0 aromatic heterocycles. The Kier molecular flexibility index (Phi) is 6.21.